The molecule has 0 saturated heterocycles. The van der Waals surface area contributed by atoms with Gasteiger partial charge in [0.15, 0.2) is 11.5 Å². The number of anilines is 1. The Kier molecular flexibility index (Phi) is 8.18. The lowest BCUT2D eigenvalue weighted by atomic mass is 9.95. The molecule has 9 nitrogen and oxygen atoms in total. The van der Waals surface area contributed by atoms with Gasteiger partial charge >= 0.3 is 0 Å². The summed E-state index contributed by atoms with van der Waals surface area (Å²) in [5, 5.41) is 27.3. The molecule has 3 aliphatic rings. The molecule has 3 aromatic carbocycles. The standard InChI is InChI=1S/C35H32ClN3O6S/c1-44-31-12-27-28(37-16-23-10-20(21-7-9-46-19-21)6-8-38(23)35(27)43)13-32(31)45-18-24(40)11-33(42)39-17-22(15-36)34-26-5-3-2-4-25(26)30(41)14-29(34)39/h2-7,9,12-14,16,19,22-24,40-41H,8,10-11,15,17-18H2,1H3/t22-,23?,24+/m1/s1. The summed E-state index contributed by atoms with van der Waals surface area (Å²) in [5.74, 6) is 0.462. The summed E-state index contributed by atoms with van der Waals surface area (Å²) >= 11 is 7.95. The van der Waals surface area contributed by atoms with E-state index in [4.69, 9.17) is 21.1 Å². The van der Waals surface area contributed by atoms with Crippen LogP contribution in [0, 0.1) is 0 Å². The van der Waals surface area contributed by atoms with E-state index >= 15 is 0 Å². The molecule has 46 heavy (non-hydrogen) atoms. The third kappa shape index (κ3) is 5.40. The van der Waals surface area contributed by atoms with Gasteiger partial charge in [0.25, 0.3) is 5.91 Å². The summed E-state index contributed by atoms with van der Waals surface area (Å²) in [6.45, 7) is 0.638. The number of aliphatic hydroxyl groups excluding tert-OH is 1. The molecule has 4 heterocycles. The number of alkyl halides is 1. The van der Waals surface area contributed by atoms with Gasteiger partial charge in [-0.1, -0.05) is 30.3 Å². The zero-order valence-corrected chi connectivity index (χ0v) is 26.6. The molecule has 0 fully saturated rings. The number of rotatable bonds is 8. The van der Waals surface area contributed by atoms with Crippen molar-refractivity contribution >= 4 is 68.7 Å². The van der Waals surface area contributed by atoms with E-state index in [0.717, 1.165) is 10.9 Å². The lowest BCUT2D eigenvalue weighted by Crippen LogP contribution is -2.43. The first-order valence-electron chi connectivity index (χ1n) is 15.1. The zero-order chi connectivity index (χ0) is 31.9. The van der Waals surface area contributed by atoms with Gasteiger partial charge in [-0.2, -0.15) is 11.3 Å². The molecule has 3 aliphatic heterocycles. The summed E-state index contributed by atoms with van der Waals surface area (Å²) in [6.07, 6.45) is 3.22. The predicted octanol–water partition coefficient (Wildman–Crippen LogP) is 6.13. The van der Waals surface area contributed by atoms with E-state index in [2.05, 4.69) is 22.5 Å². The second-order valence-electron chi connectivity index (χ2n) is 11.7. The van der Waals surface area contributed by atoms with E-state index < -0.39 is 6.10 Å². The van der Waals surface area contributed by atoms with Crippen LogP contribution >= 0.6 is 22.9 Å². The van der Waals surface area contributed by atoms with Crippen molar-refractivity contribution in [3.63, 3.8) is 0 Å². The number of nitrogens with zero attached hydrogens (tertiary/aromatic N) is 3. The fourth-order valence-electron chi connectivity index (χ4n) is 6.58. The molecule has 1 unspecified atom stereocenters. The van der Waals surface area contributed by atoms with Gasteiger partial charge in [0, 0.05) is 48.6 Å². The number of aliphatic imine (C=N–C) groups is 1. The lowest BCUT2D eigenvalue weighted by molar-refractivity contribution is -0.120. The van der Waals surface area contributed by atoms with Gasteiger partial charge in [-0.05, 0) is 51.4 Å². The molecule has 1 aromatic heterocycles. The van der Waals surface area contributed by atoms with Gasteiger partial charge in [-0.25, -0.2) is 0 Å². The summed E-state index contributed by atoms with van der Waals surface area (Å²) in [7, 11) is 1.48. The highest BCUT2D eigenvalue weighted by Crippen LogP contribution is 2.45. The molecular weight excluding hydrogens is 626 g/mol. The second-order valence-corrected chi connectivity index (χ2v) is 12.8. The number of hydrogen-bond donors (Lipinski definition) is 2. The molecular formula is C35H32ClN3O6S. The number of aliphatic hydroxyl groups is 1. The third-order valence-corrected chi connectivity index (χ3v) is 9.94. The Balaban J connectivity index is 1.06. The predicted molar refractivity (Wildman–Crippen MR) is 180 cm³/mol. The number of phenolic OH excluding ortho intramolecular Hbond substituents is 1. The maximum absolute atomic E-state index is 13.6. The number of ether oxygens (including phenoxy) is 2. The largest absolute Gasteiger partial charge is 0.507 e. The van der Waals surface area contributed by atoms with Crippen LogP contribution in [0.25, 0.3) is 16.3 Å². The van der Waals surface area contributed by atoms with Crippen molar-refractivity contribution in [2.45, 2.75) is 30.9 Å². The quantitative estimate of drug-likeness (QED) is 0.221. The average Bonchev–Trinajstić information content (AvgIpc) is 3.72. The molecule has 3 atom stereocenters. The second kappa shape index (κ2) is 12.4. The molecule has 2 amide bonds. The highest BCUT2D eigenvalue weighted by molar-refractivity contribution is 7.08. The number of methoxy groups -OCH3 is 1. The van der Waals surface area contributed by atoms with Crippen LogP contribution in [0.3, 0.4) is 0 Å². The highest BCUT2D eigenvalue weighted by atomic mass is 35.5. The molecule has 4 aromatic rings. The maximum atomic E-state index is 13.6. The van der Waals surface area contributed by atoms with Gasteiger partial charge in [0.1, 0.15) is 12.4 Å². The Morgan fingerprint density at radius 3 is 2.76 bits per heavy atom. The smallest absolute Gasteiger partial charge is 0.257 e. The number of amides is 2. The zero-order valence-electron chi connectivity index (χ0n) is 25.1. The van der Waals surface area contributed by atoms with Crippen LogP contribution in [0.5, 0.6) is 17.2 Å². The summed E-state index contributed by atoms with van der Waals surface area (Å²) in [4.78, 5) is 35.1. The van der Waals surface area contributed by atoms with E-state index in [9.17, 15) is 19.8 Å². The molecule has 7 rings (SSSR count). The first kappa shape index (κ1) is 30.3. The minimum absolute atomic E-state index is 0.0814. The minimum atomic E-state index is -1.13. The van der Waals surface area contributed by atoms with E-state index in [0.29, 0.717) is 59.2 Å². The Labute approximate surface area is 274 Å². The van der Waals surface area contributed by atoms with Crippen molar-refractivity contribution in [2.75, 3.05) is 37.6 Å². The number of carbonyl (C=O) groups is 2. The van der Waals surface area contributed by atoms with Crippen molar-refractivity contribution in [3.8, 4) is 17.2 Å². The number of fused-ring (bicyclic) bond motifs is 5. The number of carbonyl (C=O) groups excluding carboxylic acids is 2. The number of thiophene rings is 1. The number of aromatic hydroxyl groups is 1. The van der Waals surface area contributed by atoms with Gasteiger partial charge in [0.05, 0.1) is 42.6 Å². The van der Waals surface area contributed by atoms with Crippen molar-refractivity contribution in [3.05, 3.63) is 82.1 Å². The van der Waals surface area contributed by atoms with Crippen molar-refractivity contribution < 1.29 is 29.3 Å². The van der Waals surface area contributed by atoms with Crippen LogP contribution in [0.15, 0.2) is 70.4 Å². The first-order valence-corrected chi connectivity index (χ1v) is 16.5. The number of halogens is 1. The van der Waals surface area contributed by atoms with Crippen molar-refractivity contribution in [2.24, 2.45) is 4.99 Å². The third-order valence-electron chi connectivity index (χ3n) is 8.89. The average molecular weight is 658 g/mol. The SMILES string of the molecule is COc1cc2c(cc1OC[C@@H](O)CC(=O)N1C[C@@H](CCl)c3c1cc(O)c1ccccc31)N=CC1CC(c3ccsc3)=CCN1C2=O. The van der Waals surface area contributed by atoms with Crippen LogP contribution in [0.1, 0.15) is 40.2 Å². The molecule has 11 heteroatoms. The molecule has 2 N–H and O–H groups in total. The number of hydrogen-bond acceptors (Lipinski definition) is 8. The molecule has 0 bridgehead atoms. The first-order chi connectivity index (χ1) is 22.4. The Morgan fingerprint density at radius 1 is 1.17 bits per heavy atom. The van der Waals surface area contributed by atoms with Crippen LogP contribution in [0.2, 0.25) is 0 Å². The van der Waals surface area contributed by atoms with Crippen molar-refractivity contribution in [1.82, 2.24) is 4.90 Å². The lowest BCUT2D eigenvalue weighted by Gasteiger charge is -2.32. The summed E-state index contributed by atoms with van der Waals surface area (Å²) < 4.78 is 11.5. The molecule has 0 spiro atoms. The maximum Gasteiger partial charge on any atom is 0.257 e. The minimum Gasteiger partial charge on any atom is -0.507 e. The van der Waals surface area contributed by atoms with E-state index in [1.165, 1.54) is 18.2 Å². The van der Waals surface area contributed by atoms with E-state index in [1.54, 1.807) is 45.6 Å². The van der Waals surface area contributed by atoms with Gasteiger partial charge < -0.3 is 29.5 Å². The van der Waals surface area contributed by atoms with Crippen LogP contribution in [0.4, 0.5) is 11.4 Å². The van der Waals surface area contributed by atoms with Crippen LogP contribution < -0.4 is 14.4 Å². The van der Waals surface area contributed by atoms with Gasteiger partial charge in [0.2, 0.25) is 5.91 Å². The molecule has 236 valence electrons. The normalized spacial score (nSPS) is 19.3. The van der Waals surface area contributed by atoms with Crippen LogP contribution in [-0.4, -0.2) is 78.0 Å². The Hall–Kier alpha value is -4.38. The van der Waals surface area contributed by atoms with E-state index in [1.807, 2.05) is 29.6 Å². The highest BCUT2D eigenvalue weighted by Gasteiger charge is 2.35. The topological polar surface area (TPSA) is 112 Å². The number of benzene rings is 3. The van der Waals surface area contributed by atoms with Crippen LogP contribution in [-0.2, 0) is 4.79 Å². The molecule has 0 saturated carbocycles. The van der Waals surface area contributed by atoms with Crippen molar-refractivity contribution in [1.29, 1.82) is 0 Å². The van der Waals surface area contributed by atoms with Gasteiger partial charge in [-0.15, -0.1) is 11.6 Å². The molecule has 0 radical (unpaired) electrons. The Morgan fingerprint density at radius 2 is 2.00 bits per heavy atom. The van der Waals surface area contributed by atoms with Gasteiger partial charge in [-0.3, -0.25) is 14.6 Å². The number of phenols is 1. The molecule has 0 aliphatic carbocycles. The monoisotopic (exact) mass is 657 g/mol. The summed E-state index contributed by atoms with van der Waals surface area (Å²) in [6, 6.07) is 14.2. The van der Waals surface area contributed by atoms with E-state index in [-0.39, 0.29) is 42.6 Å². The fourth-order valence-corrected chi connectivity index (χ4v) is 7.51. The fraction of sp³-hybridized carbons (Fsp3) is 0.286. The summed E-state index contributed by atoms with van der Waals surface area (Å²) in [5.41, 5.74) is 4.74. The Bertz CT molecular complexity index is 1890.